The summed E-state index contributed by atoms with van der Waals surface area (Å²) in [6, 6.07) is 0. The minimum Gasteiger partial charge on any atom is -0.0651 e. The van der Waals surface area contributed by atoms with E-state index in [1.165, 1.54) is 6.42 Å². The molecule has 12 unspecified atom stereocenters. The highest BCUT2D eigenvalue weighted by Gasteiger charge is 2.90. The molecule has 7 saturated carbocycles. The predicted octanol–water partition coefficient (Wildman–Crippen LogP) is 5.62. The van der Waals surface area contributed by atoms with Gasteiger partial charge >= 0.3 is 0 Å². The van der Waals surface area contributed by atoms with Gasteiger partial charge in [-0.05, 0) is 95.2 Å². The van der Waals surface area contributed by atoms with E-state index in [-0.39, 0.29) is 0 Å². The van der Waals surface area contributed by atoms with Crippen molar-refractivity contribution in [3.8, 4) is 0 Å². The van der Waals surface area contributed by atoms with Crippen LogP contribution in [0.2, 0.25) is 0 Å². The van der Waals surface area contributed by atoms with E-state index in [0.29, 0.717) is 0 Å². The van der Waals surface area contributed by atoms with Crippen molar-refractivity contribution < 1.29 is 0 Å². The van der Waals surface area contributed by atoms with Crippen molar-refractivity contribution in [2.75, 3.05) is 0 Å². The van der Waals surface area contributed by atoms with E-state index in [0.717, 1.165) is 69.5 Å². The Morgan fingerprint density at radius 3 is 2.55 bits per heavy atom. The summed E-state index contributed by atoms with van der Waals surface area (Å²) in [6.07, 6.45) is 7.86. The van der Waals surface area contributed by atoms with Gasteiger partial charge in [-0.3, -0.25) is 0 Å². The summed E-state index contributed by atoms with van der Waals surface area (Å²) in [4.78, 5) is 0. The van der Waals surface area contributed by atoms with Gasteiger partial charge < -0.3 is 0 Å². The van der Waals surface area contributed by atoms with Crippen molar-refractivity contribution in [1.29, 1.82) is 0 Å². The van der Waals surface area contributed by atoms with Crippen LogP contribution in [0.3, 0.4) is 0 Å². The Kier molecular flexibility index (Phi) is 2.03. The Balaban J connectivity index is 1.59. The molecule has 12 atom stereocenters. The van der Waals surface area contributed by atoms with Crippen molar-refractivity contribution in [2.24, 2.45) is 69.5 Å². The lowest BCUT2D eigenvalue weighted by molar-refractivity contribution is -0.454. The Morgan fingerprint density at radius 2 is 1.82 bits per heavy atom. The van der Waals surface area contributed by atoms with Crippen LogP contribution < -0.4 is 0 Å². The second kappa shape index (κ2) is 3.36. The molecule has 0 N–H and O–H groups in total. The maximum atomic E-state index is 2.79. The quantitative estimate of drug-likeness (QED) is 0.620. The molecule has 7 aliphatic rings. The van der Waals surface area contributed by atoms with Gasteiger partial charge in [-0.1, -0.05) is 41.0 Å². The molecule has 0 aliphatic heterocycles. The van der Waals surface area contributed by atoms with E-state index in [1.54, 1.807) is 25.7 Å². The zero-order chi connectivity index (χ0) is 15.2. The first kappa shape index (κ1) is 13.3. The highest BCUT2D eigenvalue weighted by molar-refractivity contribution is 5.38. The fourth-order valence-electron chi connectivity index (χ4n) is 11.3. The molecule has 1 spiro atoms. The van der Waals surface area contributed by atoms with Crippen LogP contribution in [-0.4, -0.2) is 0 Å². The van der Waals surface area contributed by atoms with Crippen LogP contribution in [0.15, 0.2) is 0 Å². The lowest BCUT2D eigenvalue weighted by Crippen LogP contribution is -2.88. The maximum Gasteiger partial charge on any atom is -0.0145 e. The summed E-state index contributed by atoms with van der Waals surface area (Å²) < 4.78 is 0. The van der Waals surface area contributed by atoms with Crippen LogP contribution in [-0.2, 0) is 0 Å². The number of hydrogen-bond donors (Lipinski definition) is 0. The molecule has 0 heteroatoms. The fourth-order valence-corrected chi connectivity index (χ4v) is 11.3. The van der Waals surface area contributed by atoms with Gasteiger partial charge in [-0.15, -0.1) is 0 Å². The van der Waals surface area contributed by atoms with Crippen LogP contribution >= 0.6 is 0 Å². The third-order valence-corrected chi connectivity index (χ3v) is 11.8. The minimum atomic E-state index is 0.729. The highest BCUT2D eigenvalue weighted by Crippen LogP contribution is 2.95. The monoisotopic (exact) mass is 298 g/mol. The molecule has 0 heterocycles. The van der Waals surface area contributed by atoms with E-state index in [1.807, 2.05) is 0 Å². The Labute approximate surface area is 136 Å². The van der Waals surface area contributed by atoms with Crippen LogP contribution in [0.25, 0.3) is 0 Å². The van der Waals surface area contributed by atoms with E-state index >= 15 is 0 Å². The fraction of sp³-hybridized carbons (Fsp3) is 1.00. The molecule has 0 nitrogen and oxygen atoms in total. The summed E-state index contributed by atoms with van der Waals surface area (Å²) in [6.45, 7) is 13.3. The highest BCUT2D eigenvalue weighted by atomic mass is 14.9. The maximum absolute atomic E-state index is 2.79. The molecule has 7 fully saturated rings. The molecule has 0 amide bonds. The lowest BCUT2D eigenvalue weighted by atomic mass is 9.12. The smallest absolute Gasteiger partial charge is 0.0145 e. The van der Waals surface area contributed by atoms with Crippen molar-refractivity contribution >= 4 is 0 Å². The van der Waals surface area contributed by atoms with Gasteiger partial charge in [-0.25, -0.2) is 0 Å². The van der Waals surface area contributed by atoms with Crippen molar-refractivity contribution in [1.82, 2.24) is 0 Å². The summed E-state index contributed by atoms with van der Waals surface area (Å²) in [5.41, 5.74) is 2.30. The molecular formula is C22H34. The first-order chi connectivity index (χ1) is 10.4. The third kappa shape index (κ3) is 0.872. The van der Waals surface area contributed by atoms with Gasteiger partial charge in [0.1, 0.15) is 0 Å². The largest absolute Gasteiger partial charge is 0.0651 e. The number of rotatable bonds is 2. The van der Waals surface area contributed by atoms with E-state index < -0.39 is 0 Å². The SMILES string of the molecule is CCC(C)C1CCC2C3C4C5CC6C(CC53C)C12C6(C)C4C. The molecule has 7 aliphatic carbocycles. The molecule has 8 bridgehead atoms. The molecular weight excluding hydrogens is 264 g/mol. The van der Waals surface area contributed by atoms with Gasteiger partial charge in [0.05, 0.1) is 0 Å². The van der Waals surface area contributed by atoms with Crippen LogP contribution in [0.4, 0.5) is 0 Å². The van der Waals surface area contributed by atoms with E-state index in [9.17, 15) is 0 Å². The van der Waals surface area contributed by atoms with Gasteiger partial charge in [0.15, 0.2) is 0 Å². The Bertz CT molecular complexity index is 560. The molecule has 0 saturated heterocycles. The standard InChI is InChI=1S/C22H34/c1-6-11(2)13-7-8-14-19-18-12(3)21(5)15-9-16(18)20(19,4)10-17(15)22(13,14)21/h11-19H,6-10H2,1-5H3. The average Bonchev–Trinajstić information content (AvgIpc) is 2.87. The molecule has 0 aromatic rings. The molecule has 0 aromatic carbocycles. The second-order valence-electron chi connectivity index (χ2n) is 11.0. The first-order valence-corrected chi connectivity index (χ1v) is 10.4. The van der Waals surface area contributed by atoms with E-state index in [2.05, 4.69) is 34.6 Å². The second-order valence-corrected chi connectivity index (χ2v) is 11.0. The summed E-state index contributed by atoms with van der Waals surface area (Å²) in [5.74, 6) is 9.84. The molecule has 122 valence electrons. The zero-order valence-electron chi connectivity index (χ0n) is 15.2. The first-order valence-electron chi connectivity index (χ1n) is 10.4. The predicted molar refractivity (Wildman–Crippen MR) is 90.2 cm³/mol. The molecule has 22 heavy (non-hydrogen) atoms. The van der Waals surface area contributed by atoms with Crippen LogP contribution in [0.1, 0.15) is 66.7 Å². The molecule has 0 radical (unpaired) electrons. The van der Waals surface area contributed by atoms with Gasteiger partial charge in [0, 0.05) is 0 Å². The molecule has 0 aromatic heterocycles. The van der Waals surface area contributed by atoms with Crippen LogP contribution in [0, 0.1) is 69.5 Å². The third-order valence-electron chi connectivity index (χ3n) is 11.8. The Morgan fingerprint density at radius 1 is 1.05 bits per heavy atom. The average molecular weight is 299 g/mol. The van der Waals surface area contributed by atoms with Crippen molar-refractivity contribution in [3.63, 3.8) is 0 Å². The topological polar surface area (TPSA) is 0 Å². The van der Waals surface area contributed by atoms with Gasteiger partial charge in [0.2, 0.25) is 0 Å². The summed E-state index contributed by atoms with van der Waals surface area (Å²) >= 11 is 0. The zero-order valence-corrected chi connectivity index (χ0v) is 15.2. The Hall–Kier alpha value is 0. The van der Waals surface area contributed by atoms with Gasteiger partial charge in [0.25, 0.3) is 0 Å². The van der Waals surface area contributed by atoms with Crippen molar-refractivity contribution in [3.05, 3.63) is 0 Å². The number of hydrogen-bond acceptors (Lipinski definition) is 0. The normalized spacial score (nSPS) is 73.5. The van der Waals surface area contributed by atoms with Gasteiger partial charge in [-0.2, -0.15) is 0 Å². The summed E-state index contributed by atoms with van der Waals surface area (Å²) in [5, 5.41) is 0. The van der Waals surface area contributed by atoms with E-state index in [4.69, 9.17) is 0 Å². The molecule has 7 rings (SSSR count). The van der Waals surface area contributed by atoms with Crippen molar-refractivity contribution in [2.45, 2.75) is 66.7 Å². The van der Waals surface area contributed by atoms with Crippen LogP contribution in [0.5, 0.6) is 0 Å². The lowest BCUT2D eigenvalue weighted by Gasteiger charge is -2.92. The minimum absolute atomic E-state index is 0.729. The summed E-state index contributed by atoms with van der Waals surface area (Å²) in [7, 11) is 0.